The summed E-state index contributed by atoms with van der Waals surface area (Å²) in [5.74, 6) is -0.824. The van der Waals surface area contributed by atoms with Crippen LogP contribution in [0.15, 0.2) is 18.2 Å². The summed E-state index contributed by atoms with van der Waals surface area (Å²) in [5, 5.41) is 8.67. The smallest absolute Gasteiger partial charge is 0.338 e. The number of methoxy groups -OCH3 is 1. The van der Waals surface area contributed by atoms with Crippen LogP contribution in [0.1, 0.15) is 29.3 Å². The summed E-state index contributed by atoms with van der Waals surface area (Å²) < 4.78 is 9.97. The van der Waals surface area contributed by atoms with Gasteiger partial charge in [-0.3, -0.25) is 4.79 Å². The lowest BCUT2D eigenvalue weighted by molar-refractivity contribution is -0.136. The zero-order chi connectivity index (χ0) is 13.5. The minimum Gasteiger partial charge on any atom is -0.497 e. The van der Waals surface area contributed by atoms with Gasteiger partial charge in [0.25, 0.3) is 0 Å². The van der Waals surface area contributed by atoms with Crippen molar-refractivity contribution >= 4 is 11.9 Å². The summed E-state index contributed by atoms with van der Waals surface area (Å²) in [4.78, 5) is 22.3. The number of esters is 1. The van der Waals surface area contributed by atoms with Gasteiger partial charge in [-0.15, -0.1) is 0 Å². The quantitative estimate of drug-likeness (QED) is 0.783. The molecule has 5 nitrogen and oxygen atoms in total. The average Bonchev–Trinajstić information content (AvgIpc) is 2.36. The van der Waals surface area contributed by atoms with Crippen LogP contribution in [0.2, 0.25) is 0 Å². The summed E-state index contributed by atoms with van der Waals surface area (Å²) in [6.45, 7) is 1.99. The highest BCUT2D eigenvalue weighted by Gasteiger charge is 2.14. The molecule has 5 heteroatoms. The molecule has 98 valence electrons. The predicted octanol–water partition coefficient (Wildman–Crippen LogP) is 1.89. The molecule has 0 amide bonds. The Bertz CT molecular complexity index is 439. The average molecular weight is 252 g/mol. The van der Waals surface area contributed by atoms with E-state index in [2.05, 4.69) is 0 Å². The lowest BCUT2D eigenvalue weighted by atomic mass is 10.0. The fourth-order valence-electron chi connectivity index (χ4n) is 1.54. The maximum atomic E-state index is 11.8. The first-order valence-electron chi connectivity index (χ1n) is 5.64. The highest BCUT2D eigenvalue weighted by Crippen LogP contribution is 2.20. The number of carbonyl (C=O) groups is 2. The summed E-state index contributed by atoms with van der Waals surface area (Å²) in [7, 11) is 1.50. The van der Waals surface area contributed by atoms with Gasteiger partial charge in [-0.2, -0.15) is 0 Å². The largest absolute Gasteiger partial charge is 0.497 e. The number of carboxylic acid groups (broad SMARTS) is 1. The molecule has 0 radical (unpaired) electrons. The second-order valence-electron chi connectivity index (χ2n) is 3.64. The van der Waals surface area contributed by atoms with Crippen LogP contribution < -0.4 is 4.74 Å². The van der Waals surface area contributed by atoms with Crippen LogP contribution in [-0.4, -0.2) is 30.8 Å². The van der Waals surface area contributed by atoms with E-state index in [4.69, 9.17) is 14.6 Å². The molecule has 18 heavy (non-hydrogen) atoms. The maximum Gasteiger partial charge on any atom is 0.338 e. The van der Waals surface area contributed by atoms with Crippen LogP contribution in [0.5, 0.6) is 5.75 Å². The molecule has 1 N–H and O–H groups in total. The number of benzene rings is 1. The lowest BCUT2D eigenvalue weighted by Gasteiger charge is -2.10. The highest BCUT2D eigenvalue weighted by atomic mass is 16.5. The van der Waals surface area contributed by atoms with Crippen LogP contribution in [0.25, 0.3) is 0 Å². The Morgan fingerprint density at radius 2 is 2.06 bits per heavy atom. The Labute approximate surface area is 105 Å². The van der Waals surface area contributed by atoms with Crippen molar-refractivity contribution in [3.8, 4) is 5.75 Å². The van der Waals surface area contributed by atoms with Gasteiger partial charge in [-0.25, -0.2) is 4.79 Å². The lowest BCUT2D eigenvalue weighted by Crippen LogP contribution is -2.09. The topological polar surface area (TPSA) is 72.8 Å². The number of carbonyl (C=O) groups excluding carboxylic acids is 1. The number of hydrogen-bond donors (Lipinski definition) is 1. The third kappa shape index (κ3) is 3.76. The molecule has 0 saturated carbocycles. The van der Waals surface area contributed by atoms with Crippen LogP contribution >= 0.6 is 0 Å². The molecule has 0 saturated heterocycles. The third-order valence-electron chi connectivity index (χ3n) is 2.42. The van der Waals surface area contributed by atoms with Crippen LogP contribution in [-0.2, 0) is 16.0 Å². The molecule has 1 aromatic rings. The van der Waals surface area contributed by atoms with E-state index in [-0.39, 0.29) is 19.4 Å². The SMILES string of the molecule is CCOC(=O)c1cc(OC)ccc1CCC(=O)O. The summed E-state index contributed by atoms with van der Waals surface area (Å²) >= 11 is 0. The Hall–Kier alpha value is -2.04. The van der Waals surface area contributed by atoms with Crippen LogP contribution in [0.4, 0.5) is 0 Å². The number of aliphatic carboxylic acids is 1. The van der Waals surface area contributed by atoms with Gasteiger partial charge in [-0.1, -0.05) is 6.07 Å². The first-order valence-corrected chi connectivity index (χ1v) is 5.64. The minimum absolute atomic E-state index is 0.0290. The number of carboxylic acids is 1. The normalized spacial score (nSPS) is 9.89. The second-order valence-corrected chi connectivity index (χ2v) is 3.64. The summed E-state index contributed by atoms with van der Waals surface area (Å²) in [6.07, 6.45) is 0.256. The van der Waals surface area contributed by atoms with Crippen molar-refractivity contribution in [3.05, 3.63) is 29.3 Å². The molecule has 0 aliphatic heterocycles. The molecule has 0 fully saturated rings. The number of aryl methyl sites for hydroxylation is 1. The standard InChI is InChI=1S/C13H16O5/c1-3-18-13(16)11-8-10(17-2)6-4-9(11)5-7-12(14)15/h4,6,8H,3,5,7H2,1-2H3,(H,14,15). The Morgan fingerprint density at radius 3 is 2.61 bits per heavy atom. The molecule has 1 rings (SSSR count). The van der Waals surface area contributed by atoms with Crippen molar-refractivity contribution in [2.75, 3.05) is 13.7 Å². The maximum absolute atomic E-state index is 11.8. The van der Waals surface area contributed by atoms with Gasteiger partial charge in [0.1, 0.15) is 5.75 Å². The van der Waals surface area contributed by atoms with Crippen molar-refractivity contribution in [2.45, 2.75) is 19.8 Å². The molecular weight excluding hydrogens is 236 g/mol. The van der Waals surface area contributed by atoms with Crippen LogP contribution in [0.3, 0.4) is 0 Å². The van der Waals surface area contributed by atoms with Gasteiger partial charge < -0.3 is 14.6 Å². The molecule has 0 bridgehead atoms. The molecule has 0 spiro atoms. The molecule has 0 heterocycles. The van der Waals surface area contributed by atoms with E-state index in [1.54, 1.807) is 25.1 Å². The monoisotopic (exact) mass is 252 g/mol. The summed E-state index contributed by atoms with van der Waals surface area (Å²) in [5.41, 5.74) is 1.01. The Kier molecular flexibility index (Phi) is 5.17. The number of rotatable bonds is 6. The third-order valence-corrected chi connectivity index (χ3v) is 2.42. The first kappa shape index (κ1) is 14.0. The Balaban J connectivity index is 2.99. The van der Waals surface area contributed by atoms with Gasteiger partial charge >= 0.3 is 11.9 Å². The highest BCUT2D eigenvalue weighted by molar-refractivity contribution is 5.91. The number of hydrogen-bond acceptors (Lipinski definition) is 4. The first-order chi connectivity index (χ1) is 8.58. The zero-order valence-corrected chi connectivity index (χ0v) is 10.4. The van der Waals surface area contributed by atoms with Crippen molar-refractivity contribution in [1.29, 1.82) is 0 Å². The van der Waals surface area contributed by atoms with E-state index in [1.165, 1.54) is 7.11 Å². The van der Waals surface area contributed by atoms with Crippen molar-refractivity contribution in [1.82, 2.24) is 0 Å². The summed E-state index contributed by atoms with van der Waals surface area (Å²) in [6, 6.07) is 4.95. The fraction of sp³-hybridized carbons (Fsp3) is 0.385. The van der Waals surface area contributed by atoms with Gasteiger partial charge in [-0.05, 0) is 31.0 Å². The van der Waals surface area contributed by atoms with Gasteiger partial charge in [0.15, 0.2) is 0 Å². The number of ether oxygens (including phenoxy) is 2. The minimum atomic E-state index is -0.902. The van der Waals surface area contributed by atoms with Gasteiger partial charge in [0.2, 0.25) is 0 Å². The van der Waals surface area contributed by atoms with Gasteiger partial charge in [0.05, 0.1) is 19.3 Å². The van der Waals surface area contributed by atoms with Crippen molar-refractivity contribution in [3.63, 3.8) is 0 Å². The predicted molar refractivity (Wildman–Crippen MR) is 64.9 cm³/mol. The van der Waals surface area contributed by atoms with E-state index in [1.807, 2.05) is 0 Å². The Morgan fingerprint density at radius 1 is 1.33 bits per heavy atom. The molecule has 0 aromatic heterocycles. The van der Waals surface area contributed by atoms with E-state index in [9.17, 15) is 9.59 Å². The van der Waals surface area contributed by atoms with Gasteiger partial charge in [0, 0.05) is 6.42 Å². The van der Waals surface area contributed by atoms with E-state index < -0.39 is 11.9 Å². The molecule has 0 atom stereocenters. The van der Waals surface area contributed by atoms with E-state index in [0.29, 0.717) is 16.9 Å². The van der Waals surface area contributed by atoms with Crippen LogP contribution in [0, 0.1) is 0 Å². The molecule has 1 aromatic carbocycles. The fourth-order valence-corrected chi connectivity index (χ4v) is 1.54. The molecule has 0 aliphatic rings. The van der Waals surface area contributed by atoms with Crippen molar-refractivity contribution in [2.24, 2.45) is 0 Å². The molecular formula is C13H16O5. The van der Waals surface area contributed by atoms with E-state index in [0.717, 1.165) is 0 Å². The van der Waals surface area contributed by atoms with E-state index >= 15 is 0 Å². The second kappa shape index (κ2) is 6.64. The zero-order valence-electron chi connectivity index (χ0n) is 10.4. The van der Waals surface area contributed by atoms with Crippen molar-refractivity contribution < 1.29 is 24.2 Å². The molecule has 0 aliphatic carbocycles. The molecule has 0 unspecified atom stereocenters.